The van der Waals surface area contributed by atoms with Crippen LogP contribution < -0.4 is 15.4 Å². The Bertz CT molecular complexity index is 419. The van der Waals surface area contributed by atoms with Crippen molar-refractivity contribution < 1.29 is 14.3 Å². The molecular weight excluding hydrogens is 244 g/mol. The highest BCUT2D eigenvalue weighted by Crippen LogP contribution is 2.17. The molecule has 2 N–H and O–H groups in total. The number of rotatable bonds is 3. The number of carbonyl (C=O) groups excluding carboxylic acids is 1. The van der Waals surface area contributed by atoms with Gasteiger partial charge in [0.1, 0.15) is 11.9 Å². The fraction of sp³-hybridized carbons (Fsp3) is 0.500. The Morgan fingerprint density at radius 1 is 1.37 bits per heavy atom. The number of carbonyl (C=O) groups is 1. The van der Waals surface area contributed by atoms with E-state index in [-0.39, 0.29) is 6.10 Å². The molecule has 1 heterocycles. The summed E-state index contributed by atoms with van der Waals surface area (Å²) < 4.78 is 10.5. The van der Waals surface area contributed by atoms with Crippen LogP contribution in [0, 0.1) is 5.92 Å². The van der Waals surface area contributed by atoms with E-state index in [0.717, 1.165) is 25.3 Å². The molecule has 0 saturated carbocycles. The Morgan fingerprint density at radius 2 is 2.11 bits per heavy atom. The molecule has 1 aliphatic rings. The molecule has 19 heavy (non-hydrogen) atoms. The van der Waals surface area contributed by atoms with Gasteiger partial charge in [0.2, 0.25) is 0 Å². The van der Waals surface area contributed by atoms with Gasteiger partial charge in [-0.15, -0.1) is 0 Å². The quantitative estimate of drug-likeness (QED) is 0.879. The fourth-order valence-electron chi connectivity index (χ4n) is 2.08. The van der Waals surface area contributed by atoms with Crippen LogP contribution in [-0.2, 0) is 4.74 Å². The summed E-state index contributed by atoms with van der Waals surface area (Å²) in [5.74, 6) is 1.15. The van der Waals surface area contributed by atoms with Gasteiger partial charge in [0.15, 0.2) is 0 Å². The van der Waals surface area contributed by atoms with Gasteiger partial charge in [-0.05, 0) is 43.1 Å². The van der Waals surface area contributed by atoms with E-state index in [0.29, 0.717) is 11.6 Å². The number of anilines is 1. The first-order valence-corrected chi connectivity index (χ1v) is 6.51. The van der Waals surface area contributed by atoms with Crippen molar-refractivity contribution in [2.45, 2.75) is 19.4 Å². The molecule has 1 saturated heterocycles. The minimum Gasteiger partial charge on any atom is -0.497 e. The Labute approximate surface area is 113 Å². The van der Waals surface area contributed by atoms with Crippen molar-refractivity contribution in [2.75, 3.05) is 25.5 Å². The summed E-state index contributed by atoms with van der Waals surface area (Å²) in [6, 6.07) is 7.14. The zero-order chi connectivity index (χ0) is 13.7. The van der Waals surface area contributed by atoms with Crippen LogP contribution in [0.4, 0.5) is 10.5 Å². The lowest BCUT2D eigenvalue weighted by Gasteiger charge is -2.29. The van der Waals surface area contributed by atoms with E-state index in [2.05, 4.69) is 17.6 Å². The largest absolute Gasteiger partial charge is 0.497 e. The zero-order valence-corrected chi connectivity index (χ0v) is 11.3. The molecule has 2 rings (SSSR count). The van der Waals surface area contributed by atoms with Crippen molar-refractivity contribution in [3.63, 3.8) is 0 Å². The van der Waals surface area contributed by atoms with Crippen LogP contribution in [0.2, 0.25) is 0 Å². The lowest BCUT2D eigenvalue weighted by atomic mass is 9.97. The molecule has 0 aromatic heterocycles. The van der Waals surface area contributed by atoms with Crippen LogP contribution in [0.3, 0.4) is 0 Å². The number of methoxy groups -OCH3 is 1. The molecule has 5 heteroatoms. The van der Waals surface area contributed by atoms with E-state index in [4.69, 9.17) is 9.47 Å². The van der Waals surface area contributed by atoms with Gasteiger partial charge in [-0.3, -0.25) is 5.32 Å². The third-order valence-electron chi connectivity index (χ3n) is 3.35. The third kappa shape index (κ3) is 3.86. The van der Waals surface area contributed by atoms with E-state index in [1.165, 1.54) is 0 Å². The Morgan fingerprint density at radius 3 is 2.74 bits per heavy atom. The Kier molecular flexibility index (Phi) is 4.63. The molecule has 1 amide bonds. The van der Waals surface area contributed by atoms with Gasteiger partial charge in [-0.25, -0.2) is 4.79 Å². The summed E-state index contributed by atoms with van der Waals surface area (Å²) in [6.45, 7) is 3.81. The van der Waals surface area contributed by atoms with Gasteiger partial charge in [-0.2, -0.15) is 0 Å². The van der Waals surface area contributed by atoms with Crippen LogP contribution in [0.1, 0.15) is 13.3 Å². The third-order valence-corrected chi connectivity index (χ3v) is 3.35. The summed E-state index contributed by atoms with van der Waals surface area (Å²) in [5, 5.41) is 5.94. The number of amides is 1. The second-order valence-corrected chi connectivity index (χ2v) is 4.77. The SMILES string of the molecule is COc1ccc(NC(=O)OC2CNCCC2C)cc1. The zero-order valence-electron chi connectivity index (χ0n) is 11.3. The van der Waals surface area contributed by atoms with Gasteiger partial charge in [-0.1, -0.05) is 6.92 Å². The highest BCUT2D eigenvalue weighted by Gasteiger charge is 2.24. The first-order valence-electron chi connectivity index (χ1n) is 6.51. The average Bonchev–Trinajstić information content (AvgIpc) is 2.42. The van der Waals surface area contributed by atoms with Gasteiger partial charge in [0, 0.05) is 12.2 Å². The number of ether oxygens (including phenoxy) is 2. The molecule has 2 atom stereocenters. The number of benzene rings is 1. The van der Waals surface area contributed by atoms with Crippen molar-refractivity contribution in [1.82, 2.24) is 5.32 Å². The highest BCUT2D eigenvalue weighted by molar-refractivity contribution is 5.84. The van der Waals surface area contributed by atoms with E-state index < -0.39 is 6.09 Å². The molecule has 1 aromatic carbocycles. The van der Waals surface area contributed by atoms with Crippen LogP contribution >= 0.6 is 0 Å². The van der Waals surface area contributed by atoms with E-state index in [1.807, 2.05) is 0 Å². The van der Waals surface area contributed by atoms with E-state index >= 15 is 0 Å². The lowest BCUT2D eigenvalue weighted by Crippen LogP contribution is -2.42. The topological polar surface area (TPSA) is 59.6 Å². The molecule has 0 radical (unpaired) electrons. The van der Waals surface area contributed by atoms with Crippen molar-refractivity contribution >= 4 is 11.8 Å². The maximum Gasteiger partial charge on any atom is 0.411 e. The van der Waals surface area contributed by atoms with Crippen molar-refractivity contribution in [3.8, 4) is 5.75 Å². The molecule has 104 valence electrons. The van der Waals surface area contributed by atoms with Crippen LogP contribution in [0.5, 0.6) is 5.75 Å². The molecule has 2 unspecified atom stereocenters. The molecule has 1 aromatic rings. The van der Waals surface area contributed by atoms with Gasteiger partial charge in [0.25, 0.3) is 0 Å². The monoisotopic (exact) mass is 264 g/mol. The first-order chi connectivity index (χ1) is 9.19. The standard InChI is InChI=1S/C14H20N2O3/c1-10-7-8-15-9-13(10)19-14(17)16-11-3-5-12(18-2)6-4-11/h3-6,10,13,15H,7-9H2,1-2H3,(H,16,17). The molecule has 5 nitrogen and oxygen atoms in total. The van der Waals surface area contributed by atoms with Gasteiger partial charge < -0.3 is 14.8 Å². The summed E-state index contributed by atoms with van der Waals surface area (Å²) >= 11 is 0. The van der Waals surface area contributed by atoms with Crippen molar-refractivity contribution in [3.05, 3.63) is 24.3 Å². The summed E-state index contributed by atoms with van der Waals surface area (Å²) in [7, 11) is 1.61. The smallest absolute Gasteiger partial charge is 0.411 e. The normalized spacial score (nSPS) is 22.6. The summed E-state index contributed by atoms with van der Waals surface area (Å²) in [6.07, 6.45) is 0.554. The second-order valence-electron chi connectivity index (χ2n) is 4.77. The molecular formula is C14H20N2O3. The molecule has 1 fully saturated rings. The summed E-state index contributed by atoms with van der Waals surface area (Å²) in [4.78, 5) is 11.8. The maximum atomic E-state index is 11.8. The van der Waals surface area contributed by atoms with Crippen LogP contribution in [0.25, 0.3) is 0 Å². The maximum absolute atomic E-state index is 11.8. The average molecular weight is 264 g/mol. The predicted molar refractivity (Wildman–Crippen MR) is 73.5 cm³/mol. The van der Waals surface area contributed by atoms with Crippen molar-refractivity contribution in [1.29, 1.82) is 0 Å². The lowest BCUT2D eigenvalue weighted by molar-refractivity contribution is 0.0614. The second kappa shape index (κ2) is 6.43. The number of nitrogens with one attached hydrogen (secondary N) is 2. The summed E-state index contributed by atoms with van der Waals surface area (Å²) in [5.41, 5.74) is 0.697. The van der Waals surface area contributed by atoms with E-state index in [1.54, 1.807) is 31.4 Å². The highest BCUT2D eigenvalue weighted by atomic mass is 16.6. The number of hydrogen-bond acceptors (Lipinski definition) is 4. The minimum atomic E-state index is -0.411. The molecule has 1 aliphatic heterocycles. The van der Waals surface area contributed by atoms with Gasteiger partial charge in [0.05, 0.1) is 7.11 Å². The van der Waals surface area contributed by atoms with Crippen LogP contribution in [0.15, 0.2) is 24.3 Å². The van der Waals surface area contributed by atoms with E-state index in [9.17, 15) is 4.79 Å². The van der Waals surface area contributed by atoms with Crippen LogP contribution in [-0.4, -0.2) is 32.4 Å². The Balaban J connectivity index is 1.86. The fourth-order valence-corrected chi connectivity index (χ4v) is 2.08. The Hall–Kier alpha value is -1.75. The predicted octanol–water partition coefficient (Wildman–Crippen LogP) is 2.24. The first kappa shape index (κ1) is 13.7. The molecule has 0 aliphatic carbocycles. The van der Waals surface area contributed by atoms with Gasteiger partial charge >= 0.3 is 6.09 Å². The number of hydrogen-bond donors (Lipinski definition) is 2. The molecule has 0 bridgehead atoms. The minimum absolute atomic E-state index is 0.0630. The van der Waals surface area contributed by atoms with Crippen molar-refractivity contribution in [2.24, 2.45) is 5.92 Å². The number of piperidine rings is 1. The molecule has 0 spiro atoms.